The van der Waals surface area contributed by atoms with E-state index in [1.165, 1.54) is 30.4 Å². The summed E-state index contributed by atoms with van der Waals surface area (Å²) in [5.74, 6) is 0. The first-order valence-corrected chi connectivity index (χ1v) is 8.10. The largest absolute Gasteiger partial charge is 0.251 e. The van der Waals surface area contributed by atoms with E-state index >= 15 is 0 Å². The molecule has 0 saturated carbocycles. The molecule has 4 heteroatoms. The number of pyridine rings is 1. The second-order valence-corrected chi connectivity index (χ2v) is 6.47. The fraction of sp³-hybridized carbons (Fsp3) is 0.235. The van der Waals surface area contributed by atoms with E-state index in [9.17, 15) is 0 Å². The first-order chi connectivity index (χ1) is 10.4. The van der Waals surface area contributed by atoms with E-state index in [1.807, 2.05) is 17.8 Å². The molecule has 1 aliphatic rings. The summed E-state index contributed by atoms with van der Waals surface area (Å²) in [6, 6.07) is 12.8. The van der Waals surface area contributed by atoms with Crippen molar-refractivity contribution in [1.29, 1.82) is 0 Å². The van der Waals surface area contributed by atoms with Crippen molar-refractivity contribution in [2.24, 2.45) is 0 Å². The fourth-order valence-electron chi connectivity index (χ4n) is 2.88. The number of benzene rings is 1. The van der Waals surface area contributed by atoms with Crippen LogP contribution in [0.2, 0.25) is 0 Å². The average molecular weight is 293 g/mol. The summed E-state index contributed by atoms with van der Waals surface area (Å²) in [6.45, 7) is 0. The zero-order valence-corrected chi connectivity index (χ0v) is 12.4. The molecule has 104 valence electrons. The molecule has 0 aliphatic heterocycles. The Morgan fingerprint density at radius 1 is 1.00 bits per heavy atom. The lowest BCUT2D eigenvalue weighted by Gasteiger charge is -2.24. The molecule has 0 saturated heterocycles. The van der Waals surface area contributed by atoms with Crippen LogP contribution in [0.15, 0.2) is 53.8 Å². The van der Waals surface area contributed by atoms with Crippen molar-refractivity contribution in [1.82, 2.24) is 15.0 Å². The standard InChI is InChI=1S/C17H15N3S/c1-2-6-13-12(4-1)5-3-7-15(13)21-16-9-8-14-17(20-16)19-11-10-18-14/h1-2,4,6,8-11,15H,3,5,7H2. The summed E-state index contributed by atoms with van der Waals surface area (Å²) in [7, 11) is 0. The number of fused-ring (bicyclic) bond motifs is 2. The molecule has 1 atom stereocenters. The maximum atomic E-state index is 4.63. The Morgan fingerprint density at radius 3 is 2.90 bits per heavy atom. The molecule has 2 aromatic heterocycles. The van der Waals surface area contributed by atoms with Crippen LogP contribution in [0.5, 0.6) is 0 Å². The molecule has 0 radical (unpaired) electrons. The van der Waals surface area contributed by atoms with E-state index in [0.717, 1.165) is 16.2 Å². The monoisotopic (exact) mass is 293 g/mol. The minimum atomic E-state index is 0.497. The summed E-state index contributed by atoms with van der Waals surface area (Å²) in [4.78, 5) is 13.2. The van der Waals surface area contributed by atoms with Crippen LogP contribution >= 0.6 is 11.8 Å². The van der Waals surface area contributed by atoms with Gasteiger partial charge in [-0.25, -0.2) is 9.97 Å². The normalized spacial score (nSPS) is 17.6. The van der Waals surface area contributed by atoms with Crippen LogP contribution in [0.25, 0.3) is 11.2 Å². The van der Waals surface area contributed by atoms with Crippen LogP contribution in [0.4, 0.5) is 0 Å². The molecule has 0 spiro atoms. The molecule has 1 aromatic carbocycles. The minimum absolute atomic E-state index is 0.497. The van der Waals surface area contributed by atoms with Crippen LogP contribution in [0.3, 0.4) is 0 Å². The van der Waals surface area contributed by atoms with Crippen molar-refractivity contribution >= 4 is 22.9 Å². The number of aryl methyl sites for hydroxylation is 1. The second kappa shape index (κ2) is 5.45. The number of hydrogen-bond acceptors (Lipinski definition) is 4. The molecule has 1 aliphatic carbocycles. The van der Waals surface area contributed by atoms with Gasteiger partial charge in [0, 0.05) is 17.6 Å². The van der Waals surface area contributed by atoms with Gasteiger partial charge in [0.2, 0.25) is 0 Å². The predicted octanol–water partition coefficient (Wildman–Crippen LogP) is 4.19. The highest BCUT2D eigenvalue weighted by molar-refractivity contribution is 7.99. The number of thioether (sulfide) groups is 1. The van der Waals surface area contributed by atoms with Gasteiger partial charge in [-0.15, -0.1) is 0 Å². The highest BCUT2D eigenvalue weighted by atomic mass is 32.2. The molecule has 2 heterocycles. The predicted molar refractivity (Wildman–Crippen MR) is 85.3 cm³/mol. The van der Waals surface area contributed by atoms with Crippen molar-refractivity contribution in [3.8, 4) is 0 Å². The van der Waals surface area contributed by atoms with E-state index in [-0.39, 0.29) is 0 Å². The Kier molecular flexibility index (Phi) is 3.31. The summed E-state index contributed by atoms with van der Waals surface area (Å²) in [5, 5.41) is 1.53. The first-order valence-electron chi connectivity index (χ1n) is 7.22. The maximum absolute atomic E-state index is 4.63. The first kappa shape index (κ1) is 12.8. The van der Waals surface area contributed by atoms with Crippen LogP contribution in [0.1, 0.15) is 29.2 Å². The van der Waals surface area contributed by atoms with E-state index in [4.69, 9.17) is 0 Å². The van der Waals surface area contributed by atoms with Gasteiger partial charge in [-0.1, -0.05) is 36.0 Å². The smallest absolute Gasteiger partial charge is 0.179 e. The lowest BCUT2D eigenvalue weighted by molar-refractivity contribution is 0.673. The molecule has 0 bridgehead atoms. The van der Waals surface area contributed by atoms with Crippen molar-refractivity contribution in [2.75, 3.05) is 0 Å². The van der Waals surface area contributed by atoms with Gasteiger partial charge >= 0.3 is 0 Å². The Morgan fingerprint density at radius 2 is 1.90 bits per heavy atom. The zero-order valence-electron chi connectivity index (χ0n) is 11.6. The molecule has 3 nitrogen and oxygen atoms in total. The van der Waals surface area contributed by atoms with Gasteiger partial charge in [-0.3, -0.25) is 4.98 Å². The molecule has 1 unspecified atom stereocenters. The summed E-state index contributed by atoms with van der Waals surface area (Å²) >= 11 is 1.84. The van der Waals surface area contributed by atoms with Gasteiger partial charge in [0.1, 0.15) is 5.52 Å². The third kappa shape index (κ3) is 2.51. The van der Waals surface area contributed by atoms with Gasteiger partial charge in [0.05, 0.1) is 5.03 Å². The maximum Gasteiger partial charge on any atom is 0.179 e. The van der Waals surface area contributed by atoms with E-state index in [1.54, 1.807) is 12.4 Å². The van der Waals surface area contributed by atoms with Gasteiger partial charge in [-0.2, -0.15) is 0 Å². The van der Waals surface area contributed by atoms with Crippen LogP contribution in [-0.4, -0.2) is 15.0 Å². The van der Waals surface area contributed by atoms with E-state index in [2.05, 4.69) is 45.3 Å². The summed E-state index contributed by atoms with van der Waals surface area (Å²) < 4.78 is 0. The van der Waals surface area contributed by atoms with E-state index < -0.39 is 0 Å². The summed E-state index contributed by atoms with van der Waals surface area (Å²) in [6.07, 6.45) is 7.06. The Labute approximate surface area is 127 Å². The molecule has 21 heavy (non-hydrogen) atoms. The molecule has 0 N–H and O–H groups in total. The Hall–Kier alpha value is -1.94. The average Bonchev–Trinajstić information content (AvgIpc) is 2.55. The highest BCUT2D eigenvalue weighted by Crippen LogP contribution is 2.42. The van der Waals surface area contributed by atoms with Gasteiger partial charge in [-0.05, 0) is 42.5 Å². The number of hydrogen-bond donors (Lipinski definition) is 0. The lowest BCUT2D eigenvalue weighted by Crippen LogP contribution is -2.07. The third-order valence-corrected chi connectivity index (χ3v) is 5.13. The molecule has 3 aromatic rings. The Bertz CT molecular complexity index is 788. The third-order valence-electron chi connectivity index (χ3n) is 3.88. The number of nitrogens with zero attached hydrogens (tertiary/aromatic N) is 3. The van der Waals surface area contributed by atoms with E-state index in [0.29, 0.717) is 5.25 Å². The van der Waals surface area contributed by atoms with Gasteiger partial charge < -0.3 is 0 Å². The molecular formula is C17H15N3S. The Balaban J connectivity index is 1.66. The topological polar surface area (TPSA) is 38.7 Å². The SMILES string of the molecule is c1ccc2c(c1)CCCC2Sc1ccc2nccnc2n1. The van der Waals surface area contributed by atoms with Crippen LogP contribution in [-0.2, 0) is 6.42 Å². The second-order valence-electron chi connectivity index (χ2n) is 5.25. The minimum Gasteiger partial charge on any atom is -0.251 e. The fourth-order valence-corrected chi connectivity index (χ4v) is 4.10. The summed E-state index contributed by atoms with van der Waals surface area (Å²) in [5.41, 5.74) is 4.54. The molecule has 0 fully saturated rings. The zero-order chi connectivity index (χ0) is 14.1. The molecule has 0 amide bonds. The van der Waals surface area contributed by atoms with Crippen molar-refractivity contribution in [2.45, 2.75) is 29.5 Å². The molecular weight excluding hydrogens is 278 g/mol. The van der Waals surface area contributed by atoms with Crippen LogP contribution in [0, 0.1) is 0 Å². The van der Waals surface area contributed by atoms with Crippen LogP contribution < -0.4 is 0 Å². The number of rotatable bonds is 2. The highest BCUT2D eigenvalue weighted by Gasteiger charge is 2.21. The van der Waals surface area contributed by atoms with Crippen molar-refractivity contribution in [3.05, 3.63) is 59.9 Å². The van der Waals surface area contributed by atoms with Crippen molar-refractivity contribution in [3.63, 3.8) is 0 Å². The van der Waals surface area contributed by atoms with Gasteiger partial charge in [0.25, 0.3) is 0 Å². The number of aromatic nitrogens is 3. The molecule has 4 rings (SSSR count). The quantitative estimate of drug-likeness (QED) is 0.710. The lowest BCUT2D eigenvalue weighted by atomic mass is 9.91. The van der Waals surface area contributed by atoms with Crippen molar-refractivity contribution < 1.29 is 0 Å². The van der Waals surface area contributed by atoms with Gasteiger partial charge in [0.15, 0.2) is 5.65 Å².